The van der Waals surface area contributed by atoms with E-state index in [0.29, 0.717) is 67.6 Å². The van der Waals surface area contributed by atoms with Gasteiger partial charge in [-0.05, 0) is 267 Å². The molecule has 18 nitrogen and oxygen atoms in total. The van der Waals surface area contributed by atoms with Gasteiger partial charge in [0.2, 0.25) is 0 Å². The van der Waals surface area contributed by atoms with Crippen molar-refractivity contribution in [3.63, 3.8) is 0 Å². The van der Waals surface area contributed by atoms with E-state index in [1.807, 2.05) is 0 Å². The Morgan fingerprint density at radius 3 is 0.750 bits per heavy atom. The Hall–Kier alpha value is -6.36. The van der Waals surface area contributed by atoms with Gasteiger partial charge in [-0.15, -0.1) is 0 Å². The zero-order chi connectivity index (χ0) is 150. The molecule has 0 spiro atoms. The molecule has 672 valence electrons. The van der Waals surface area contributed by atoms with Crippen LogP contribution in [-0.4, -0.2) is 260 Å². The average Bonchev–Trinajstić information content (AvgIpc) is 0.652. The van der Waals surface area contributed by atoms with Crippen LogP contribution in [0.2, 0.25) is 0 Å². The van der Waals surface area contributed by atoms with Crippen molar-refractivity contribution in [2.45, 2.75) is 261 Å². The van der Waals surface area contributed by atoms with E-state index in [-0.39, 0.29) is 73.5 Å². The van der Waals surface area contributed by atoms with Gasteiger partial charge < -0.3 is 88.5 Å². The van der Waals surface area contributed by atoms with Gasteiger partial charge in [-0.1, -0.05) is 188 Å². The van der Waals surface area contributed by atoms with Crippen LogP contribution in [0.15, 0.2) is 145 Å². The van der Waals surface area contributed by atoms with Crippen LogP contribution in [0.4, 0.5) is 0 Å². The molecule has 6 aliphatic rings. The van der Waals surface area contributed by atoms with Crippen LogP contribution in [0.3, 0.4) is 0 Å². The lowest BCUT2D eigenvalue weighted by molar-refractivity contribution is -0.0280. The van der Waals surface area contributed by atoms with Crippen LogP contribution in [0, 0.1) is 0 Å². The number of likely N-dealkylation sites (N-methyl/N-ethyl adjacent to an activating group) is 6. The van der Waals surface area contributed by atoms with Crippen molar-refractivity contribution in [2.24, 2.45) is 0 Å². The highest BCUT2D eigenvalue weighted by Crippen LogP contribution is 2.47. The lowest BCUT2D eigenvalue weighted by Gasteiger charge is -2.40. The molecule has 6 N–H and O–H groups in total. The highest BCUT2D eigenvalue weighted by atomic mass is 16.5. The summed E-state index contributed by atoms with van der Waals surface area (Å²) < 4.78 is 619. The molecule has 6 aromatic carbocycles. The largest absolute Gasteiger partial charge is 0.497 e. The second-order valence-corrected chi connectivity index (χ2v) is 29.2. The topological polar surface area (TPSA) is 196 Å². The third-order valence-electron chi connectivity index (χ3n) is 19.7. The molecule has 6 aliphatic carbocycles. The molecule has 0 saturated heterocycles. The number of nitrogens with zero attached hydrogens (tertiary/aromatic N) is 6. The molecular formula is C102H162N6O12. The molecule has 0 bridgehead atoms. The average molecular weight is 1740 g/mol. The van der Waals surface area contributed by atoms with Crippen LogP contribution < -0.4 is 28.4 Å². The van der Waals surface area contributed by atoms with Crippen LogP contribution in [0.1, 0.15) is 360 Å². The van der Waals surface area contributed by atoms with Crippen molar-refractivity contribution in [1.82, 2.24) is 29.4 Å². The number of methoxy groups -OCH3 is 6. The van der Waals surface area contributed by atoms with Gasteiger partial charge >= 0.3 is 0 Å². The van der Waals surface area contributed by atoms with Gasteiger partial charge in [0.25, 0.3) is 0 Å². The van der Waals surface area contributed by atoms with Crippen LogP contribution in [0.5, 0.6) is 34.5 Å². The molecular weight excluding hydrogens is 1500 g/mol. The van der Waals surface area contributed by atoms with Gasteiger partial charge in [-0.25, -0.2) is 0 Å². The summed E-state index contributed by atoms with van der Waals surface area (Å²) in [6.07, 6.45) is -32.4. The number of hydrogen-bond acceptors (Lipinski definition) is 18. The Labute approximate surface area is 827 Å². The third kappa shape index (κ3) is 31.1. The van der Waals surface area contributed by atoms with Crippen LogP contribution in [-0.2, 0) is 0 Å². The Balaban J connectivity index is 0.000000307. The van der Waals surface area contributed by atoms with E-state index < -0.39 is 414 Å². The van der Waals surface area contributed by atoms with Crippen molar-refractivity contribution >= 4 is 0 Å². The first kappa shape index (κ1) is 39.3. The zero-order valence-electron chi connectivity index (χ0n) is 142. The summed E-state index contributed by atoms with van der Waals surface area (Å²) in [6.45, 7) is -31.5. The number of rotatable bonds is 30. The Kier molecular flexibility index (Phi) is 16.3. The molecule has 120 heavy (non-hydrogen) atoms. The van der Waals surface area contributed by atoms with E-state index >= 15 is 0 Å². The Morgan fingerprint density at radius 2 is 0.508 bits per heavy atom. The molecule has 6 atom stereocenters. The van der Waals surface area contributed by atoms with Crippen molar-refractivity contribution in [3.05, 3.63) is 178 Å². The van der Waals surface area contributed by atoms with Crippen molar-refractivity contribution in [1.29, 1.82) is 0 Å². The normalized spacial score (nSPS) is 34.8. The molecule has 0 amide bonds. The lowest BCUT2D eigenvalue weighted by atomic mass is 9.72. The second kappa shape index (κ2) is 50.0. The number of aliphatic hydroxyl groups is 6. The van der Waals surface area contributed by atoms with Crippen molar-refractivity contribution in [3.8, 4) is 34.5 Å². The smallest absolute Gasteiger partial charge is 0.118 e. The summed E-state index contributed by atoms with van der Waals surface area (Å²) in [4.78, 5) is 2.88. The maximum atomic E-state index is 11.9. The van der Waals surface area contributed by atoms with E-state index in [1.54, 1.807) is 0 Å². The first-order valence-electron chi connectivity index (χ1n) is 74.6. The highest BCUT2D eigenvalue weighted by molar-refractivity contribution is 5.37. The third-order valence-corrected chi connectivity index (χ3v) is 19.7. The minimum atomic E-state index is -4.03. The van der Waals surface area contributed by atoms with Gasteiger partial charge in [0.15, 0.2) is 0 Å². The first-order valence-corrected chi connectivity index (χ1v) is 38.6. The summed E-state index contributed by atoms with van der Waals surface area (Å²) in [6, 6.07) is -17.6. The Morgan fingerprint density at radius 1 is 0.283 bits per heavy atom. The van der Waals surface area contributed by atoms with E-state index in [1.165, 1.54) is 40.2 Å². The summed E-state index contributed by atoms with van der Waals surface area (Å²) in [5.41, 5.74) is -20.3. The zero-order valence-corrected chi connectivity index (χ0v) is 69.7. The molecule has 6 fully saturated rings. The van der Waals surface area contributed by atoms with E-state index in [0.717, 1.165) is 73.8 Å². The van der Waals surface area contributed by atoms with Gasteiger partial charge in [-0.2, -0.15) is 0 Å². The van der Waals surface area contributed by atoms with Crippen molar-refractivity contribution in [2.75, 3.05) is 166 Å². The molecule has 0 heterocycles. The minimum Gasteiger partial charge on any atom is -0.497 e. The lowest BCUT2D eigenvalue weighted by Crippen LogP contribution is -2.42. The fraction of sp³-hybridized carbons (Fsp3) is 0.647. The molecule has 0 aromatic heterocycles. The van der Waals surface area contributed by atoms with E-state index in [9.17, 15) is 36.1 Å². The van der Waals surface area contributed by atoms with Gasteiger partial charge in [-0.3, -0.25) is 0 Å². The maximum Gasteiger partial charge on any atom is 0.118 e. The molecule has 6 aromatic rings. The molecule has 6 unspecified atom stereocenters. The molecule has 0 radical (unpaired) electrons. The summed E-state index contributed by atoms with van der Waals surface area (Å²) in [7, 11) is 14.3. The van der Waals surface area contributed by atoms with E-state index in [2.05, 4.69) is 0 Å². The molecule has 6 saturated carbocycles. The minimum absolute atomic E-state index is 0.0257. The van der Waals surface area contributed by atoms with Gasteiger partial charge in [0.05, 0.1) is 109 Å². The number of benzene rings is 6. The predicted octanol–water partition coefficient (Wildman–Crippen LogP) is 18.2. The van der Waals surface area contributed by atoms with Gasteiger partial charge in [0, 0.05) is 140 Å². The second-order valence-electron chi connectivity index (χ2n) is 29.2. The fourth-order valence-electron chi connectivity index (χ4n) is 13.7. The maximum absolute atomic E-state index is 11.9. The van der Waals surface area contributed by atoms with Crippen LogP contribution in [0.25, 0.3) is 0 Å². The molecule has 0 aliphatic heterocycles. The van der Waals surface area contributed by atoms with Crippen molar-refractivity contribution < 1.29 is 158 Å². The molecule has 12 rings (SSSR count). The Bertz CT molecular complexity index is 7230. The predicted molar refractivity (Wildman–Crippen MR) is 494 cm³/mol. The van der Waals surface area contributed by atoms with Gasteiger partial charge in [0.1, 0.15) is 34.5 Å². The summed E-state index contributed by atoms with van der Waals surface area (Å²) in [5.74, 6) is -18.1. The molecule has 18 heteroatoms. The fourth-order valence-corrected chi connectivity index (χ4v) is 13.7. The van der Waals surface area contributed by atoms with E-state index in [4.69, 9.17) is 122 Å². The monoisotopic (exact) mass is 1740 g/mol. The SMILES string of the molecule is [2H]c1c([2H])c(C(CN(C)C([2H])([2H])[2H])C2(O)C([2H])([2H])C([2H])([2H])C([2H])([2H])C([2H])([2H])C2([2H])[2H])c([2H])c([2H])c1OC.[2H]c1c([2H])c(C(CN(C)C)C2(O)C([2H])([2H])C([2H])([2H])C([2H])([2H])C([2H])([2H])C2([2H])[2H])c([2H])c([2H])c1OC.[2H]c1c([2H])c(C([2H])(C2(O)CCCCC2)C([2H])([2H])N(C([2H])([2H])[2H])C([2H])([2H])[2H])c([2H])c([2H])c1OC.[2H]c1c([2H])c(C([2H])(C2(O)CCCCC2)C([2H])([2H])N(C)C([2H])([2H])[2H])c([2H])c([2H])c1OC.[2H]c1c([2H])c(C([2H])(C2(O)CCCCC2)C([2H])([2H])N(C)C)c([2H])c([2H])c1OC.[2H]c1c([2H])c(C([2H])(CN(C([2H])([2H])[2H])C([2H])([2H])[2H])C2(O)CCCCC2)c([2H])c([2H])c1OC. The van der Waals surface area contributed by atoms with Crippen LogP contribution >= 0.6 is 0 Å². The first-order chi connectivity index (χ1) is 86.0. The number of hydrogen-bond donors (Lipinski definition) is 6. The quantitative estimate of drug-likeness (QED) is 0.0249. The summed E-state index contributed by atoms with van der Waals surface area (Å²) >= 11 is 0. The standard InChI is InChI=1S/6C17H27NO2/c6*1-18(2)13-16(17(19)11-5-4-6-12-17)14-7-9-15(20-3)10-8-14/h6*7-10,16,19H,4-6,11-13H2,1-3H3/i1D3,4D2,5D2,6D2,7D,8D,9D,10D,11D2,12D2;4D2,5D2,6D2,7D,8D,9D,10D,11D2,12D2;1D3,2D3,7D,8D,9D,10D,13D2,16D;1D3,7D,8D,9D,10D,13D2,16D;1D3,2D3,7D,8D,9D,10D,16D;7D,8D,9D,10D,13D2,16D. The number of ether oxygens (including phenoxy) is 6. The highest BCUT2D eigenvalue weighted by Gasteiger charge is 2.45. The summed E-state index contributed by atoms with van der Waals surface area (Å²) in [5, 5.41) is 69.7.